The Morgan fingerprint density at radius 2 is 1.33 bits per heavy atom. The van der Waals surface area contributed by atoms with E-state index in [4.69, 9.17) is 49.2 Å². The first kappa shape index (κ1) is 50.6. The van der Waals surface area contributed by atoms with Gasteiger partial charge in [-0.15, -0.1) is 10.2 Å². The molecule has 0 radical (unpaired) electrons. The number of nitrogens with zero attached hydrogens (tertiary/aromatic N) is 7. The monoisotopic (exact) mass is 911 g/mol. The molecular weight excluding hydrogens is 868 g/mol. The fraction of sp³-hybridized carbons (Fsp3) is 0.368. The fourth-order valence-electron chi connectivity index (χ4n) is 4.68. The molecule has 0 aliphatic carbocycles. The molecule has 0 unspecified atom stereocenters. The van der Waals surface area contributed by atoms with Crippen molar-refractivity contribution in [2.24, 2.45) is 11.8 Å². The summed E-state index contributed by atoms with van der Waals surface area (Å²) in [5.74, 6) is -1.09. The van der Waals surface area contributed by atoms with Crippen molar-refractivity contribution in [1.82, 2.24) is 44.0 Å². The van der Waals surface area contributed by atoms with Crippen LogP contribution in [0.15, 0.2) is 54.6 Å². The van der Waals surface area contributed by atoms with Crippen molar-refractivity contribution in [3.05, 3.63) is 71.0 Å². The number of nitrogens with one attached hydrogen (secondary N) is 4. The normalized spacial score (nSPS) is 12.0. The maximum Gasteiger partial charge on any atom is 1.00 e. The van der Waals surface area contributed by atoms with E-state index in [1.54, 1.807) is 37.0 Å². The first-order valence-corrected chi connectivity index (χ1v) is 19.6. The van der Waals surface area contributed by atoms with Gasteiger partial charge in [-0.3, -0.25) is 24.6 Å². The summed E-state index contributed by atoms with van der Waals surface area (Å²) in [5.41, 5.74) is 6.93. The Kier molecular flexibility index (Phi) is 20.5. The zero-order valence-electron chi connectivity index (χ0n) is 34.6. The number of aromatic amines is 2. The van der Waals surface area contributed by atoms with Crippen LogP contribution < -0.4 is 45.3 Å². The van der Waals surface area contributed by atoms with Gasteiger partial charge in [0.15, 0.2) is 29.7 Å². The number of H-pyrrole nitrogens is 2. The summed E-state index contributed by atoms with van der Waals surface area (Å²) in [5, 5.41) is 31.2. The van der Waals surface area contributed by atoms with Gasteiger partial charge in [-0.2, -0.15) is 13.7 Å². The summed E-state index contributed by atoms with van der Waals surface area (Å²) >= 11 is 16.8. The quantitative estimate of drug-likeness (QED) is 0.0248. The Morgan fingerprint density at radius 3 is 1.77 bits per heavy atom. The van der Waals surface area contributed by atoms with Gasteiger partial charge in [0.05, 0.1) is 11.6 Å². The van der Waals surface area contributed by atoms with Crippen molar-refractivity contribution >= 4 is 81.4 Å². The largest absolute Gasteiger partial charge is 1.00 e. The van der Waals surface area contributed by atoms with E-state index in [1.807, 2.05) is 68.4 Å². The second kappa shape index (κ2) is 24.6. The molecule has 1 aliphatic rings. The average molecular weight is 913 g/mol. The maximum absolute atomic E-state index is 11.3. The molecule has 2 aromatic carbocycles. The third-order valence-electron chi connectivity index (χ3n) is 8.00. The van der Waals surface area contributed by atoms with Crippen LogP contribution in [0, 0.1) is 25.7 Å². The van der Waals surface area contributed by atoms with Crippen molar-refractivity contribution < 1.29 is 68.1 Å². The van der Waals surface area contributed by atoms with Crippen molar-refractivity contribution in [1.29, 1.82) is 0 Å². The standard InChI is InChI=1S/C17H20ClN5O3.C13H14ClN5O.C4H4ClNO2.C4H8O2.Na/c1-10(2)17(24)26-9-25-8-19-13-6-4-12(5-7-13)15-20-16-14(18)11(3)21-23(16)22-15;1-9-6-12-16-13(18-19(12)17-9)10-2-4-11(5-3-10)15-8-20-7-14;5-6-3(7)1-2-4(6)8;1-3(2)4(5)6;/h4-7,10,19,21H,8-9H2,1-3H3;2-6,15,17H,7-8H2,1H3;1-2H2;3H,1-2H3,(H,5,6);/q;;;;+1/p-1. The number of carbonyl (C=O) groups is 4. The second-order valence-corrected chi connectivity index (χ2v) is 14.4. The summed E-state index contributed by atoms with van der Waals surface area (Å²) in [6.45, 7) is 11.1. The van der Waals surface area contributed by atoms with Crippen molar-refractivity contribution in [3.63, 3.8) is 0 Å². The number of aryl methyl sites for hydroxylation is 2. The molecule has 1 aliphatic heterocycles. The van der Waals surface area contributed by atoms with Gasteiger partial charge in [0.1, 0.15) is 24.6 Å². The minimum Gasteiger partial charge on any atom is -0.550 e. The molecule has 0 atom stereocenters. The van der Waals surface area contributed by atoms with E-state index in [2.05, 4.69) is 41.0 Å². The van der Waals surface area contributed by atoms with Crippen LogP contribution in [0.25, 0.3) is 34.1 Å². The van der Waals surface area contributed by atoms with Crippen molar-refractivity contribution in [2.75, 3.05) is 37.0 Å². The number of amides is 2. The predicted octanol–water partition coefficient (Wildman–Crippen LogP) is 2.53. The van der Waals surface area contributed by atoms with E-state index in [0.717, 1.165) is 39.5 Å². The summed E-state index contributed by atoms with van der Waals surface area (Å²) < 4.78 is 19.0. The number of esters is 1. The molecule has 1 fully saturated rings. The van der Waals surface area contributed by atoms with Crippen LogP contribution in [0.3, 0.4) is 0 Å². The zero-order chi connectivity index (χ0) is 43.9. The molecule has 0 saturated carbocycles. The fourth-order valence-corrected chi connectivity index (χ4v) is 5.09. The number of carboxylic acids is 1. The third kappa shape index (κ3) is 15.3. The number of benzene rings is 2. The maximum atomic E-state index is 11.3. The smallest absolute Gasteiger partial charge is 0.550 e. The van der Waals surface area contributed by atoms with Crippen LogP contribution in [0.2, 0.25) is 5.02 Å². The van der Waals surface area contributed by atoms with E-state index >= 15 is 0 Å². The number of hydrogen-bond donors (Lipinski definition) is 4. The number of imide groups is 1. The Hall–Kier alpha value is -4.73. The molecule has 322 valence electrons. The Labute approximate surface area is 388 Å². The number of aromatic nitrogens is 8. The number of rotatable bonds is 13. The molecule has 4 N–H and O–H groups in total. The molecule has 2 amide bonds. The molecule has 6 aromatic rings. The van der Waals surface area contributed by atoms with Crippen LogP contribution in [-0.4, -0.2) is 94.1 Å². The van der Waals surface area contributed by atoms with Crippen LogP contribution in [-0.2, 0) is 33.4 Å². The number of anilines is 2. The number of aliphatic carboxylic acids is 1. The molecule has 0 bridgehead atoms. The molecular formula is C38H45Cl3N11NaO8. The summed E-state index contributed by atoms with van der Waals surface area (Å²) in [6, 6.07) is 17.5. The molecule has 0 spiro atoms. The Balaban J connectivity index is 0.000000249. The Bertz CT molecular complexity index is 2300. The van der Waals surface area contributed by atoms with E-state index in [0.29, 0.717) is 33.5 Å². The van der Waals surface area contributed by atoms with E-state index in [9.17, 15) is 24.3 Å². The van der Waals surface area contributed by atoms with E-state index in [1.165, 1.54) is 0 Å². The molecule has 19 nitrogen and oxygen atoms in total. The number of carbonyl (C=O) groups excluding carboxylic acids is 4. The SMILES string of the molecule is CC(C)C(=O)[O-].Cc1[nH]n2nc(-c3ccc(NCOCOC(=O)C(C)C)cc3)nc2c1Cl.Cc1cc2nc(-c3ccc(NCOCCl)cc3)nn2[nH]1.O=C1CCC(=O)N1Cl.[Na+]. The van der Waals surface area contributed by atoms with Gasteiger partial charge in [0.25, 0.3) is 0 Å². The third-order valence-corrected chi connectivity index (χ3v) is 8.99. The number of alkyl halides is 1. The predicted molar refractivity (Wildman–Crippen MR) is 222 cm³/mol. The number of hydrogen-bond acceptors (Lipinski definition) is 14. The van der Waals surface area contributed by atoms with Gasteiger partial charge in [0, 0.05) is 64.8 Å². The Morgan fingerprint density at radius 1 is 0.820 bits per heavy atom. The van der Waals surface area contributed by atoms with Gasteiger partial charge >= 0.3 is 35.5 Å². The number of ether oxygens (including phenoxy) is 3. The minimum absolute atomic E-state index is 0. The topological polar surface area (TPSA) is 238 Å². The molecule has 61 heavy (non-hydrogen) atoms. The number of fused-ring (bicyclic) bond motifs is 2. The van der Waals surface area contributed by atoms with Crippen LogP contribution in [0.5, 0.6) is 0 Å². The molecule has 7 rings (SSSR count). The zero-order valence-corrected chi connectivity index (χ0v) is 38.9. The van der Waals surface area contributed by atoms with Crippen LogP contribution in [0.4, 0.5) is 11.4 Å². The summed E-state index contributed by atoms with van der Waals surface area (Å²) in [6.07, 6.45) is 0.532. The van der Waals surface area contributed by atoms with Crippen LogP contribution in [0.1, 0.15) is 51.9 Å². The molecule has 4 aromatic heterocycles. The summed E-state index contributed by atoms with van der Waals surface area (Å²) in [4.78, 5) is 50.5. The first-order valence-electron chi connectivity index (χ1n) is 18.4. The molecule has 1 saturated heterocycles. The van der Waals surface area contributed by atoms with Gasteiger partial charge in [-0.1, -0.05) is 50.9 Å². The van der Waals surface area contributed by atoms with Gasteiger partial charge < -0.3 is 34.7 Å². The molecule has 5 heterocycles. The van der Waals surface area contributed by atoms with Gasteiger partial charge in [-0.25, -0.2) is 9.97 Å². The number of halogens is 3. The number of carboxylic acid groups (broad SMARTS) is 1. The van der Waals surface area contributed by atoms with Gasteiger partial charge in [-0.05, 0) is 68.3 Å². The van der Waals surface area contributed by atoms with Gasteiger partial charge in [0.2, 0.25) is 11.8 Å². The first-order chi connectivity index (χ1) is 28.6. The van der Waals surface area contributed by atoms with Crippen LogP contribution >= 0.6 is 35.0 Å². The minimum atomic E-state index is -0.991. The van der Waals surface area contributed by atoms with Crippen molar-refractivity contribution in [3.8, 4) is 22.8 Å². The summed E-state index contributed by atoms with van der Waals surface area (Å²) in [7, 11) is 0. The molecule has 23 heteroatoms. The van der Waals surface area contributed by atoms with Crippen molar-refractivity contribution in [2.45, 2.75) is 54.4 Å². The van der Waals surface area contributed by atoms with E-state index in [-0.39, 0.29) is 91.6 Å². The average Bonchev–Trinajstić information content (AvgIpc) is 4.03. The van der Waals surface area contributed by atoms with E-state index < -0.39 is 5.97 Å². The second-order valence-electron chi connectivity index (χ2n) is 13.5.